The average molecular weight is 297 g/mol. The van der Waals surface area contributed by atoms with Crippen LogP contribution in [0.1, 0.15) is 33.1 Å². The Morgan fingerprint density at radius 1 is 1.19 bits per heavy atom. The van der Waals surface area contributed by atoms with E-state index in [1.165, 1.54) is 0 Å². The van der Waals surface area contributed by atoms with E-state index in [4.69, 9.17) is 4.74 Å². The fourth-order valence-electron chi connectivity index (χ4n) is 3.55. The van der Waals surface area contributed by atoms with Crippen molar-refractivity contribution in [3.63, 3.8) is 0 Å². The van der Waals surface area contributed by atoms with Gasteiger partial charge in [-0.25, -0.2) is 0 Å². The Balaban J connectivity index is 1.70. The van der Waals surface area contributed by atoms with Crippen molar-refractivity contribution < 1.29 is 9.53 Å². The van der Waals surface area contributed by atoms with Gasteiger partial charge in [-0.3, -0.25) is 9.69 Å². The van der Waals surface area contributed by atoms with Gasteiger partial charge in [0.05, 0.1) is 12.2 Å². The van der Waals surface area contributed by atoms with Crippen LogP contribution in [0.25, 0.3) is 0 Å². The molecule has 0 aromatic carbocycles. The van der Waals surface area contributed by atoms with Gasteiger partial charge in [0.15, 0.2) is 0 Å². The molecule has 0 bridgehead atoms. The Morgan fingerprint density at radius 3 is 2.38 bits per heavy atom. The summed E-state index contributed by atoms with van der Waals surface area (Å²) in [5, 5.41) is 3.04. The van der Waals surface area contributed by atoms with E-state index in [-0.39, 0.29) is 0 Å². The van der Waals surface area contributed by atoms with Crippen molar-refractivity contribution in [3.05, 3.63) is 0 Å². The molecule has 122 valence electrons. The predicted octanol–water partition coefficient (Wildman–Crippen LogP) is 0.944. The molecule has 2 rings (SSSR count). The van der Waals surface area contributed by atoms with E-state index in [0.29, 0.717) is 24.5 Å². The molecule has 5 heteroatoms. The quantitative estimate of drug-likeness (QED) is 0.820. The van der Waals surface area contributed by atoms with Crippen LogP contribution >= 0.6 is 0 Å². The Labute approximate surface area is 129 Å². The number of hydrogen-bond donors (Lipinski definition) is 1. The number of carbonyl (C=O) groups is 1. The minimum Gasteiger partial charge on any atom is -0.373 e. The van der Waals surface area contributed by atoms with Crippen molar-refractivity contribution in [2.75, 3.05) is 46.3 Å². The lowest BCUT2D eigenvalue weighted by Crippen LogP contribution is -2.48. The first-order chi connectivity index (χ1) is 10.1. The SMILES string of the molecule is CNCCC(=O)N1CCC(CN2CC(C)OC(C)C2)CC1. The number of morpholine rings is 1. The molecule has 1 N–H and O–H groups in total. The minimum atomic E-state index is 0.302. The molecule has 2 heterocycles. The van der Waals surface area contributed by atoms with Crippen LogP contribution in [0, 0.1) is 5.92 Å². The second kappa shape index (κ2) is 8.11. The molecular formula is C16H31N3O2. The van der Waals surface area contributed by atoms with Crippen molar-refractivity contribution in [1.82, 2.24) is 15.1 Å². The number of amides is 1. The van der Waals surface area contributed by atoms with Gasteiger partial charge in [0.25, 0.3) is 0 Å². The highest BCUT2D eigenvalue weighted by atomic mass is 16.5. The number of nitrogens with zero attached hydrogens (tertiary/aromatic N) is 2. The van der Waals surface area contributed by atoms with Gasteiger partial charge in [-0.15, -0.1) is 0 Å². The summed E-state index contributed by atoms with van der Waals surface area (Å²) in [6.45, 7) is 10.2. The standard InChI is InChI=1S/C16H31N3O2/c1-13-10-18(11-14(2)21-13)12-15-5-8-19(9-6-15)16(20)4-7-17-3/h13-15,17H,4-12H2,1-3H3. The zero-order valence-corrected chi connectivity index (χ0v) is 13.8. The second-order valence-electron chi connectivity index (χ2n) is 6.65. The zero-order valence-electron chi connectivity index (χ0n) is 13.8. The average Bonchev–Trinajstić information content (AvgIpc) is 2.44. The molecule has 2 aliphatic rings. The summed E-state index contributed by atoms with van der Waals surface area (Å²) in [6, 6.07) is 0. The highest BCUT2D eigenvalue weighted by molar-refractivity contribution is 5.76. The Kier molecular flexibility index (Phi) is 6.45. The Bertz CT molecular complexity index is 319. The van der Waals surface area contributed by atoms with Crippen molar-refractivity contribution in [2.45, 2.75) is 45.3 Å². The van der Waals surface area contributed by atoms with Crippen LogP contribution in [0.2, 0.25) is 0 Å². The molecular weight excluding hydrogens is 266 g/mol. The van der Waals surface area contributed by atoms with Crippen LogP contribution in [-0.2, 0) is 9.53 Å². The lowest BCUT2D eigenvalue weighted by molar-refractivity contribution is -0.132. The number of nitrogens with one attached hydrogen (secondary N) is 1. The van der Waals surface area contributed by atoms with E-state index in [1.54, 1.807) is 0 Å². The number of piperidine rings is 1. The predicted molar refractivity (Wildman–Crippen MR) is 84.3 cm³/mol. The molecule has 2 fully saturated rings. The first-order valence-electron chi connectivity index (χ1n) is 8.38. The molecule has 0 saturated carbocycles. The van der Waals surface area contributed by atoms with Crippen LogP contribution in [0.15, 0.2) is 0 Å². The zero-order chi connectivity index (χ0) is 15.2. The second-order valence-corrected chi connectivity index (χ2v) is 6.65. The summed E-state index contributed by atoms with van der Waals surface area (Å²) >= 11 is 0. The van der Waals surface area contributed by atoms with E-state index >= 15 is 0 Å². The molecule has 2 saturated heterocycles. The third-order valence-electron chi connectivity index (χ3n) is 4.57. The Morgan fingerprint density at radius 2 is 1.81 bits per heavy atom. The Hall–Kier alpha value is -0.650. The van der Waals surface area contributed by atoms with Crippen LogP contribution < -0.4 is 5.32 Å². The van der Waals surface area contributed by atoms with E-state index < -0.39 is 0 Å². The minimum absolute atomic E-state index is 0.302. The highest BCUT2D eigenvalue weighted by Crippen LogP contribution is 2.21. The molecule has 2 aliphatic heterocycles. The summed E-state index contributed by atoms with van der Waals surface area (Å²) in [6.07, 6.45) is 3.60. The molecule has 21 heavy (non-hydrogen) atoms. The third kappa shape index (κ3) is 5.24. The van der Waals surface area contributed by atoms with Gasteiger partial charge in [-0.1, -0.05) is 0 Å². The maximum Gasteiger partial charge on any atom is 0.223 e. The largest absolute Gasteiger partial charge is 0.373 e. The number of ether oxygens (including phenoxy) is 1. The molecule has 0 radical (unpaired) electrons. The topological polar surface area (TPSA) is 44.8 Å². The lowest BCUT2D eigenvalue weighted by Gasteiger charge is -2.39. The van der Waals surface area contributed by atoms with Crippen LogP contribution in [0.4, 0.5) is 0 Å². The molecule has 0 aliphatic carbocycles. The fraction of sp³-hybridized carbons (Fsp3) is 0.938. The van der Waals surface area contributed by atoms with Crippen molar-refractivity contribution in [2.24, 2.45) is 5.92 Å². The third-order valence-corrected chi connectivity index (χ3v) is 4.57. The highest BCUT2D eigenvalue weighted by Gasteiger charge is 2.27. The van der Waals surface area contributed by atoms with E-state index in [2.05, 4.69) is 24.1 Å². The monoisotopic (exact) mass is 297 g/mol. The maximum atomic E-state index is 12.0. The lowest BCUT2D eigenvalue weighted by atomic mass is 9.95. The summed E-state index contributed by atoms with van der Waals surface area (Å²) in [5.41, 5.74) is 0. The van der Waals surface area contributed by atoms with Gasteiger partial charge >= 0.3 is 0 Å². The van der Waals surface area contributed by atoms with Gasteiger partial charge in [0.2, 0.25) is 5.91 Å². The molecule has 0 spiro atoms. The first kappa shape index (κ1) is 16.7. The van der Waals surface area contributed by atoms with Crippen LogP contribution in [0.5, 0.6) is 0 Å². The van der Waals surface area contributed by atoms with Gasteiger partial charge in [0, 0.05) is 45.7 Å². The number of hydrogen-bond acceptors (Lipinski definition) is 4. The molecule has 2 atom stereocenters. The van der Waals surface area contributed by atoms with Crippen molar-refractivity contribution >= 4 is 5.91 Å². The van der Waals surface area contributed by atoms with E-state index in [1.807, 2.05) is 11.9 Å². The number of carbonyl (C=O) groups excluding carboxylic acids is 1. The normalized spacial score (nSPS) is 28.8. The van der Waals surface area contributed by atoms with Crippen LogP contribution in [0.3, 0.4) is 0 Å². The molecule has 0 aromatic heterocycles. The van der Waals surface area contributed by atoms with Gasteiger partial charge in [-0.2, -0.15) is 0 Å². The molecule has 0 aromatic rings. The summed E-state index contributed by atoms with van der Waals surface area (Å²) in [7, 11) is 1.89. The summed E-state index contributed by atoms with van der Waals surface area (Å²) in [4.78, 5) is 16.6. The molecule has 5 nitrogen and oxygen atoms in total. The summed E-state index contributed by atoms with van der Waals surface area (Å²) < 4.78 is 5.79. The maximum absolute atomic E-state index is 12.0. The van der Waals surface area contributed by atoms with Crippen molar-refractivity contribution in [3.8, 4) is 0 Å². The number of rotatable bonds is 5. The fourth-order valence-corrected chi connectivity index (χ4v) is 3.55. The van der Waals surface area contributed by atoms with Crippen LogP contribution in [-0.4, -0.2) is 74.2 Å². The van der Waals surface area contributed by atoms with Gasteiger partial charge in [0.1, 0.15) is 0 Å². The van der Waals surface area contributed by atoms with Gasteiger partial charge < -0.3 is 15.0 Å². The smallest absolute Gasteiger partial charge is 0.223 e. The molecule has 2 unspecified atom stereocenters. The van der Waals surface area contributed by atoms with Crippen molar-refractivity contribution in [1.29, 1.82) is 0 Å². The van der Waals surface area contributed by atoms with E-state index in [0.717, 1.165) is 58.0 Å². The van der Waals surface area contributed by atoms with Gasteiger partial charge in [-0.05, 0) is 39.7 Å². The molecule has 1 amide bonds. The first-order valence-corrected chi connectivity index (χ1v) is 8.38. The summed E-state index contributed by atoms with van der Waals surface area (Å²) in [5.74, 6) is 1.03. The van der Waals surface area contributed by atoms with E-state index in [9.17, 15) is 4.79 Å². The number of likely N-dealkylation sites (tertiary alicyclic amines) is 1.